The van der Waals surface area contributed by atoms with Gasteiger partial charge in [0.2, 0.25) is 0 Å². The first kappa shape index (κ1) is 17.0. The normalized spacial score (nSPS) is 25.5. The fraction of sp³-hybridized carbons (Fsp3) is 0.579. The number of ether oxygens (including phenoxy) is 1. The second kappa shape index (κ2) is 6.07. The van der Waals surface area contributed by atoms with E-state index >= 15 is 0 Å². The molecule has 2 aromatic heterocycles. The Kier molecular flexibility index (Phi) is 3.97. The van der Waals surface area contributed by atoms with Crippen molar-refractivity contribution in [3.05, 3.63) is 30.2 Å². The summed E-state index contributed by atoms with van der Waals surface area (Å²) in [5.41, 5.74) is 0.687. The van der Waals surface area contributed by atoms with Gasteiger partial charge in [-0.3, -0.25) is 4.79 Å². The summed E-state index contributed by atoms with van der Waals surface area (Å²) in [4.78, 5) is 31.7. The Hall–Kier alpha value is -2.44. The van der Waals surface area contributed by atoms with Crippen LogP contribution in [-0.2, 0) is 4.74 Å². The highest BCUT2D eigenvalue weighted by molar-refractivity contribution is 5.97. The lowest BCUT2D eigenvalue weighted by Gasteiger charge is -2.38. The van der Waals surface area contributed by atoms with E-state index in [0.717, 1.165) is 12.8 Å². The van der Waals surface area contributed by atoms with Crippen LogP contribution in [0.3, 0.4) is 0 Å². The molecule has 2 atom stereocenters. The molecule has 0 N–H and O–H groups in total. The van der Waals surface area contributed by atoms with Crippen molar-refractivity contribution in [3.63, 3.8) is 0 Å². The minimum Gasteiger partial charge on any atom is -0.444 e. The van der Waals surface area contributed by atoms with Crippen molar-refractivity contribution in [1.29, 1.82) is 0 Å². The fourth-order valence-electron chi connectivity index (χ4n) is 4.21. The molecule has 0 spiro atoms. The van der Waals surface area contributed by atoms with Crippen molar-refractivity contribution in [3.8, 4) is 0 Å². The molecule has 2 saturated heterocycles. The Balaban J connectivity index is 1.52. The Morgan fingerprint density at radius 1 is 1.19 bits per heavy atom. The lowest BCUT2D eigenvalue weighted by molar-refractivity contribution is 0.00249. The summed E-state index contributed by atoms with van der Waals surface area (Å²) in [6, 6.07) is 3.78. The Morgan fingerprint density at radius 2 is 1.88 bits per heavy atom. The van der Waals surface area contributed by atoms with E-state index in [0.29, 0.717) is 24.2 Å². The number of rotatable bonds is 2. The van der Waals surface area contributed by atoms with Crippen LogP contribution >= 0.6 is 0 Å². The average Bonchev–Trinajstić information content (AvgIpc) is 3.11. The molecule has 2 aliphatic rings. The maximum absolute atomic E-state index is 13.1. The standard InChI is InChI=1S/C19H24N4O3/c1-19(2,3)26-18(25)22-13-6-7-14(22)10-12(9-13)17(24)15-11-20-16-5-4-8-21-23(15)16/h4-5,8,11-14H,6-7,9-10H2,1-3H3. The molecule has 2 unspecified atom stereocenters. The number of carbonyl (C=O) groups is 2. The van der Waals surface area contributed by atoms with Crippen LogP contribution in [0.15, 0.2) is 24.5 Å². The van der Waals surface area contributed by atoms with Crippen molar-refractivity contribution in [2.75, 3.05) is 0 Å². The number of fused-ring (bicyclic) bond motifs is 3. The minimum atomic E-state index is -0.509. The van der Waals surface area contributed by atoms with Gasteiger partial charge < -0.3 is 9.64 Å². The minimum absolute atomic E-state index is 0.0666. The van der Waals surface area contributed by atoms with Crippen LogP contribution in [0.1, 0.15) is 56.9 Å². The summed E-state index contributed by atoms with van der Waals surface area (Å²) >= 11 is 0. The third-order valence-electron chi connectivity index (χ3n) is 5.24. The highest BCUT2D eigenvalue weighted by Gasteiger charge is 2.46. The summed E-state index contributed by atoms with van der Waals surface area (Å²) in [6.07, 6.45) is 6.21. The molecule has 7 nitrogen and oxygen atoms in total. The lowest BCUT2D eigenvalue weighted by atomic mass is 9.86. The molecule has 2 bridgehead atoms. The molecule has 138 valence electrons. The number of imidazole rings is 1. The summed E-state index contributed by atoms with van der Waals surface area (Å²) in [5.74, 6) is -0.0370. The van der Waals surface area contributed by atoms with E-state index in [1.165, 1.54) is 0 Å². The number of amides is 1. The highest BCUT2D eigenvalue weighted by atomic mass is 16.6. The number of hydrogen-bond donors (Lipinski definition) is 0. The van der Waals surface area contributed by atoms with Gasteiger partial charge in [0.05, 0.1) is 6.20 Å². The molecule has 4 heterocycles. The summed E-state index contributed by atoms with van der Waals surface area (Å²) in [5, 5.41) is 4.24. The van der Waals surface area contributed by atoms with Crippen molar-refractivity contribution >= 4 is 17.5 Å². The molecule has 7 heteroatoms. The molecule has 2 fully saturated rings. The van der Waals surface area contributed by atoms with Gasteiger partial charge in [0.1, 0.15) is 11.3 Å². The molecule has 0 aliphatic carbocycles. The maximum Gasteiger partial charge on any atom is 0.410 e. The first-order chi connectivity index (χ1) is 12.3. The number of carbonyl (C=O) groups excluding carboxylic acids is 2. The third kappa shape index (κ3) is 2.95. The van der Waals surface area contributed by atoms with Gasteiger partial charge >= 0.3 is 6.09 Å². The number of Topliss-reactive ketones (excluding diaryl/α,β-unsaturated/α-hetero) is 1. The number of piperidine rings is 1. The van der Waals surface area contributed by atoms with Crippen LogP contribution in [0.25, 0.3) is 5.65 Å². The highest BCUT2D eigenvalue weighted by Crippen LogP contribution is 2.40. The van der Waals surface area contributed by atoms with Gasteiger partial charge in [-0.15, -0.1) is 0 Å². The lowest BCUT2D eigenvalue weighted by Crippen LogP contribution is -2.49. The molecular weight excluding hydrogens is 332 g/mol. The van der Waals surface area contributed by atoms with E-state index in [1.807, 2.05) is 31.7 Å². The SMILES string of the molecule is CC(C)(C)OC(=O)N1C2CCC1CC(C(=O)c1cnc3cccnn13)C2. The molecule has 0 saturated carbocycles. The third-order valence-corrected chi connectivity index (χ3v) is 5.24. The monoisotopic (exact) mass is 356 g/mol. The number of nitrogens with zero attached hydrogens (tertiary/aromatic N) is 4. The molecule has 2 aliphatic heterocycles. The van der Waals surface area contributed by atoms with Gasteiger partial charge in [0.15, 0.2) is 11.4 Å². The van der Waals surface area contributed by atoms with Crippen molar-refractivity contribution < 1.29 is 14.3 Å². The Labute approximate surface area is 152 Å². The predicted octanol–water partition coefficient (Wildman–Crippen LogP) is 3.09. The van der Waals surface area contributed by atoms with Crippen LogP contribution in [0.5, 0.6) is 0 Å². The van der Waals surface area contributed by atoms with E-state index in [2.05, 4.69) is 10.1 Å². The topological polar surface area (TPSA) is 76.8 Å². The smallest absolute Gasteiger partial charge is 0.410 e. The van der Waals surface area contributed by atoms with Gasteiger partial charge in [-0.2, -0.15) is 5.10 Å². The predicted molar refractivity (Wildman–Crippen MR) is 94.9 cm³/mol. The van der Waals surface area contributed by atoms with Crippen molar-refractivity contribution in [1.82, 2.24) is 19.5 Å². The fourth-order valence-corrected chi connectivity index (χ4v) is 4.21. The van der Waals surface area contributed by atoms with Gasteiger partial charge in [-0.05, 0) is 58.6 Å². The molecule has 0 radical (unpaired) electrons. The summed E-state index contributed by atoms with van der Waals surface area (Å²) < 4.78 is 7.16. The second-order valence-electron chi connectivity index (χ2n) is 8.24. The van der Waals surface area contributed by atoms with Crippen LogP contribution in [0, 0.1) is 5.92 Å². The first-order valence-electron chi connectivity index (χ1n) is 9.18. The molecular formula is C19H24N4O3. The molecule has 4 rings (SSSR count). The first-order valence-corrected chi connectivity index (χ1v) is 9.18. The van der Waals surface area contributed by atoms with Crippen LogP contribution in [0.4, 0.5) is 4.79 Å². The van der Waals surface area contributed by atoms with E-state index in [-0.39, 0.29) is 29.9 Å². The van der Waals surface area contributed by atoms with E-state index in [1.54, 1.807) is 23.0 Å². The zero-order chi connectivity index (χ0) is 18.5. The van der Waals surface area contributed by atoms with Gasteiger partial charge in [0.25, 0.3) is 0 Å². The van der Waals surface area contributed by atoms with E-state index < -0.39 is 5.60 Å². The largest absolute Gasteiger partial charge is 0.444 e. The zero-order valence-electron chi connectivity index (χ0n) is 15.4. The number of hydrogen-bond acceptors (Lipinski definition) is 5. The maximum atomic E-state index is 13.1. The van der Waals surface area contributed by atoms with Crippen molar-refractivity contribution in [2.24, 2.45) is 5.92 Å². The summed E-state index contributed by atoms with van der Waals surface area (Å²) in [7, 11) is 0. The molecule has 26 heavy (non-hydrogen) atoms. The Bertz CT molecular complexity index is 840. The van der Waals surface area contributed by atoms with E-state index in [4.69, 9.17) is 4.74 Å². The number of ketones is 1. The molecule has 1 amide bonds. The summed E-state index contributed by atoms with van der Waals surface area (Å²) in [6.45, 7) is 5.63. The van der Waals surface area contributed by atoms with Gasteiger partial charge in [0, 0.05) is 24.2 Å². The molecule has 2 aromatic rings. The molecule has 0 aromatic carbocycles. The number of aromatic nitrogens is 3. The van der Waals surface area contributed by atoms with Crippen molar-refractivity contribution in [2.45, 2.75) is 64.1 Å². The van der Waals surface area contributed by atoms with Crippen LogP contribution < -0.4 is 0 Å². The van der Waals surface area contributed by atoms with Gasteiger partial charge in [-0.25, -0.2) is 14.3 Å². The quantitative estimate of drug-likeness (QED) is 0.773. The Morgan fingerprint density at radius 3 is 2.54 bits per heavy atom. The zero-order valence-corrected chi connectivity index (χ0v) is 15.4. The average molecular weight is 356 g/mol. The van der Waals surface area contributed by atoms with Crippen LogP contribution in [0.2, 0.25) is 0 Å². The van der Waals surface area contributed by atoms with E-state index in [9.17, 15) is 9.59 Å². The second-order valence-corrected chi connectivity index (χ2v) is 8.24. The van der Waals surface area contributed by atoms with Crippen LogP contribution in [-0.4, -0.2) is 49.1 Å². The van der Waals surface area contributed by atoms with Gasteiger partial charge in [-0.1, -0.05) is 0 Å².